The van der Waals surface area contributed by atoms with Crippen molar-refractivity contribution in [2.24, 2.45) is 0 Å². The number of carbonyl (C=O) groups excluding carboxylic acids is 2. The van der Waals surface area contributed by atoms with Crippen LogP contribution in [0.2, 0.25) is 0 Å². The Balaban J connectivity index is 1.62. The Kier molecular flexibility index (Phi) is 5.97. The molecule has 4 rings (SSSR count). The fourth-order valence-corrected chi connectivity index (χ4v) is 4.16. The third-order valence-electron chi connectivity index (χ3n) is 6.39. The number of benzene rings is 2. The largest absolute Gasteiger partial charge is 0.478 e. The first kappa shape index (κ1) is 24.1. The minimum Gasteiger partial charge on any atom is -0.478 e. The summed E-state index contributed by atoms with van der Waals surface area (Å²) in [5.74, 6) is -1.30. The highest BCUT2D eigenvalue weighted by molar-refractivity contribution is 6.22. The topological polar surface area (TPSA) is 90.8 Å². The van der Waals surface area contributed by atoms with Gasteiger partial charge < -0.3 is 10.0 Å². The SMILES string of the molecule is CC(C)(C)c1ccc(N2C(=O)N(Cc3ccnc(-c4cccc(C(=O)O)c4)c3)C(C)(C)C2=O)cc1. The van der Waals surface area contributed by atoms with Crippen molar-refractivity contribution < 1.29 is 19.5 Å². The lowest BCUT2D eigenvalue weighted by atomic mass is 9.87. The number of hydrogen-bond acceptors (Lipinski definition) is 4. The number of carboxylic acid groups (broad SMARTS) is 1. The molecule has 0 bridgehead atoms. The number of urea groups is 1. The standard InChI is InChI=1S/C28H29N3O4/c1-27(2,3)21-9-11-22(12-10-21)31-25(34)28(4,5)30(26(31)35)17-18-13-14-29-23(15-18)19-7-6-8-20(16-19)24(32)33/h6-16H,17H2,1-5H3,(H,32,33). The normalized spacial score (nSPS) is 15.6. The van der Waals surface area contributed by atoms with Gasteiger partial charge in [0.25, 0.3) is 5.91 Å². The van der Waals surface area contributed by atoms with Crippen molar-refractivity contribution >= 4 is 23.6 Å². The van der Waals surface area contributed by atoms with Gasteiger partial charge in [0.05, 0.1) is 16.9 Å². The van der Waals surface area contributed by atoms with E-state index in [1.54, 1.807) is 49.2 Å². The fourth-order valence-electron chi connectivity index (χ4n) is 4.16. The Bertz CT molecular complexity index is 1310. The lowest BCUT2D eigenvalue weighted by Crippen LogP contribution is -2.43. The minimum atomic E-state index is -1.04. The number of hydrogen-bond donors (Lipinski definition) is 1. The van der Waals surface area contributed by atoms with E-state index >= 15 is 0 Å². The molecule has 0 unspecified atom stereocenters. The molecule has 0 radical (unpaired) electrons. The van der Waals surface area contributed by atoms with E-state index in [-0.39, 0.29) is 29.5 Å². The van der Waals surface area contributed by atoms with Gasteiger partial charge in [-0.05, 0) is 66.8 Å². The molecule has 1 aromatic heterocycles. The summed E-state index contributed by atoms with van der Waals surface area (Å²) in [6.07, 6.45) is 1.62. The molecule has 7 nitrogen and oxygen atoms in total. The highest BCUT2D eigenvalue weighted by Gasteiger charge is 2.51. The van der Waals surface area contributed by atoms with E-state index in [1.807, 2.05) is 30.3 Å². The average Bonchev–Trinajstić information content (AvgIpc) is 2.98. The molecule has 0 spiro atoms. The van der Waals surface area contributed by atoms with E-state index in [4.69, 9.17) is 0 Å². The van der Waals surface area contributed by atoms with Crippen molar-refractivity contribution in [2.75, 3.05) is 4.90 Å². The van der Waals surface area contributed by atoms with Gasteiger partial charge in [-0.3, -0.25) is 9.78 Å². The zero-order valence-electron chi connectivity index (χ0n) is 20.6. The third-order valence-corrected chi connectivity index (χ3v) is 6.39. The van der Waals surface area contributed by atoms with Crippen LogP contribution < -0.4 is 4.90 Å². The first-order valence-electron chi connectivity index (χ1n) is 11.4. The van der Waals surface area contributed by atoms with Crippen LogP contribution in [0, 0.1) is 0 Å². The highest BCUT2D eigenvalue weighted by atomic mass is 16.4. The summed E-state index contributed by atoms with van der Waals surface area (Å²) in [7, 11) is 0. The molecule has 7 heteroatoms. The third kappa shape index (κ3) is 4.54. The van der Waals surface area contributed by atoms with Crippen molar-refractivity contribution in [3.63, 3.8) is 0 Å². The van der Waals surface area contributed by atoms with Gasteiger partial charge in [0.2, 0.25) is 0 Å². The van der Waals surface area contributed by atoms with Crippen LogP contribution in [0.1, 0.15) is 56.1 Å². The van der Waals surface area contributed by atoms with Gasteiger partial charge in [-0.25, -0.2) is 14.5 Å². The molecule has 1 saturated heterocycles. The van der Waals surface area contributed by atoms with Crippen LogP contribution in [0.15, 0.2) is 66.9 Å². The van der Waals surface area contributed by atoms with Crippen LogP contribution in [-0.2, 0) is 16.8 Å². The zero-order valence-corrected chi connectivity index (χ0v) is 20.6. The van der Waals surface area contributed by atoms with Crippen molar-refractivity contribution in [3.8, 4) is 11.3 Å². The maximum atomic E-state index is 13.4. The predicted molar refractivity (Wildman–Crippen MR) is 134 cm³/mol. The summed E-state index contributed by atoms with van der Waals surface area (Å²) in [6.45, 7) is 10.0. The first-order valence-corrected chi connectivity index (χ1v) is 11.4. The molecule has 1 aliphatic heterocycles. The number of anilines is 1. The molecule has 2 heterocycles. The van der Waals surface area contributed by atoms with Gasteiger partial charge in [-0.1, -0.05) is 45.0 Å². The smallest absolute Gasteiger partial charge is 0.335 e. The zero-order chi connectivity index (χ0) is 25.5. The quantitative estimate of drug-likeness (QED) is 0.497. The number of carbonyl (C=O) groups is 3. The van der Waals surface area contributed by atoms with Gasteiger partial charge in [-0.15, -0.1) is 0 Å². The van der Waals surface area contributed by atoms with Crippen LogP contribution >= 0.6 is 0 Å². The number of carboxylic acids is 1. The van der Waals surface area contributed by atoms with E-state index in [9.17, 15) is 19.5 Å². The van der Waals surface area contributed by atoms with Crippen LogP contribution in [0.5, 0.6) is 0 Å². The van der Waals surface area contributed by atoms with Crippen LogP contribution in [0.4, 0.5) is 10.5 Å². The van der Waals surface area contributed by atoms with Crippen LogP contribution in [0.25, 0.3) is 11.3 Å². The highest BCUT2D eigenvalue weighted by Crippen LogP contribution is 2.34. The molecular weight excluding hydrogens is 442 g/mol. The second kappa shape index (κ2) is 8.65. The average molecular weight is 472 g/mol. The number of rotatable bonds is 5. The van der Waals surface area contributed by atoms with Gasteiger partial charge in [0.1, 0.15) is 5.54 Å². The van der Waals surface area contributed by atoms with E-state index in [2.05, 4.69) is 25.8 Å². The summed E-state index contributed by atoms with van der Waals surface area (Å²) in [5, 5.41) is 9.28. The summed E-state index contributed by atoms with van der Waals surface area (Å²) in [6, 6.07) is 17.3. The number of pyridine rings is 1. The van der Waals surface area contributed by atoms with Gasteiger partial charge >= 0.3 is 12.0 Å². The molecule has 3 aromatic rings. The Morgan fingerprint density at radius 3 is 2.31 bits per heavy atom. The lowest BCUT2D eigenvalue weighted by Gasteiger charge is -2.27. The molecule has 2 aromatic carbocycles. The Morgan fingerprint density at radius 2 is 1.69 bits per heavy atom. The molecule has 1 fully saturated rings. The second-order valence-corrected chi connectivity index (χ2v) is 10.3. The van der Waals surface area contributed by atoms with Gasteiger partial charge in [-0.2, -0.15) is 0 Å². The van der Waals surface area contributed by atoms with Crippen LogP contribution in [-0.4, -0.2) is 38.4 Å². The number of nitrogens with zero attached hydrogens (tertiary/aromatic N) is 3. The predicted octanol–water partition coefficient (Wildman–Crippen LogP) is 5.49. The molecular formula is C28H29N3O4. The molecule has 0 aliphatic carbocycles. The summed E-state index contributed by atoms with van der Waals surface area (Å²) in [5.41, 5.74) is 2.81. The molecule has 1 N–H and O–H groups in total. The lowest BCUT2D eigenvalue weighted by molar-refractivity contribution is -0.123. The monoisotopic (exact) mass is 471 g/mol. The maximum absolute atomic E-state index is 13.4. The molecule has 0 saturated carbocycles. The first-order chi connectivity index (χ1) is 16.4. The summed E-state index contributed by atoms with van der Waals surface area (Å²) >= 11 is 0. The number of aromatic nitrogens is 1. The van der Waals surface area contributed by atoms with E-state index in [0.717, 1.165) is 11.1 Å². The molecule has 0 atom stereocenters. The molecule has 180 valence electrons. The van der Waals surface area contributed by atoms with E-state index in [1.165, 1.54) is 11.0 Å². The van der Waals surface area contributed by atoms with Crippen molar-refractivity contribution in [3.05, 3.63) is 83.6 Å². The molecule has 35 heavy (non-hydrogen) atoms. The van der Waals surface area contributed by atoms with Gasteiger partial charge in [0, 0.05) is 18.3 Å². The minimum absolute atomic E-state index is 0.0358. The van der Waals surface area contributed by atoms with Crippen LogP contribution in [0.3, 0.4) is 0 Å². The number of aromatic carboxylic acids is 1. The summed E-state index contributed by atoms with van der Waals surface area (Å²) in [4.78, 5) is 45.3. The Labute approximate surface area is 205 Å². The second-order valence-electron chi connectivity index (χ2n) is 10.3. The van der Waals surface area contributed by atoms with Gasteiger partial charge in [0.15, 0.2) is 0 Å². The van der Waals surface area contributed by atoms with Crippen molar-refractivity contribution in [1.29, 1.82) is 0 Å². The van der Waals surface area contributed by atoms with Crippen molar-refractivity contribution in [1.82, 2.24) is 9.88 Å². The Hall–Kier alpha value is -4.00. The summed E-state index contributed by atoms with van der Waals surface area (Å²) < 4.78 is 0. The Morgan fingerprint density at radius 1 is 1.00 bits per heavy atom. The van der Waals surface area contributed by atoms with E-state index in [0.29, 0.717) is 16.9 Å². The molecule has 1 aliphatic rings. The fraction of sp³-hybridized carbons (Fsp3) is 0.286. The maximum Gasteiger partial charge on any atom is 0.335 e. The van der Waals surface area contributed by atoms with E-state index < -0.39 is 11.5 Å². The molecule has 3 amide bonds. The number of imide groups is 1. The van der Waals surface area contributed by atoms with Crippen molar-refractivity contribution in [2.45, 2.75) is 52.1 Å². The number of amides is 3.